The largest absolute Gasteiger partial charge is 0.478 e. The van der Waals surface area contributed by atoms with Crippen LogP contribution in [0.2, 0.25) is 0 Å². The van der Waals surface area contributed by atoms with Crippen LogP contribution in [0.15, 0.2) is 35.7 Å². The molecule has 28 heavy (non-hydrogen) atoms. The third-order valence-corrected chi connectivity index (χ3v) is 4.56. The molecular formula is C19H21N5O3S. The van der Waals surface area contributed by atoms with Gasteiger partial charge >= 0.3 is 5.97 Å². The first kappa shape index (κ1) is 19.6. The number of anilines is 4. The first-order valence-electron chi connectivity index (χ1n) is 8.55. The fraction of sp³-hybridized carbons (Fsp3) is 0.263. The maximum atomic E-state index is 11.3. The quantitative estimate of drug-likeness (QED) is 0.540. The minimum atomic E-state index is -1.33. The van der Waals surface area contributed by atoms with Crippen molar-refractivity contribution in [2.24, 2.45) is 0 Å². The SMILES string of the molecule is Cc1csc(Nc2cc(Nc3cccc(OC(C)(C)C(=O)O)c3)nc(C)n2)n1. The molecule has 0 aliphatic rings. The topological polar surface area (TPSA) is 109 Å². The summed E-state index contributed by atoms with van der Waals surface area (Å²) in [7, 11) is 0. The van der Waals surface area contributed by atoms with Crippen molar-refractivity contribution in [1.29, 1.82) is 0 Å². The second-order valence-corrected chi connectivity index (χ2v) is 7.53. The number of carboxylic acids is 1. The van der Waals surface area contributed by atoms with Gasteiger partial charge in [-0.15, -0.1) is 11.3 Å². The lowest BCUT2D eigenvalue weighted by Gasteiger charge is -2.21. The molecule has 0 aliphatic heterocycles. The van der Waals surface area contributed by atoms with Crippen LogP contribution in [-0.4, -0.2) is 31.6 Å². The van der Waals surface area contributed by atoms with Gasteiger partial charge < -0.3 is 20.5 Å². The van der Waals surface area contributed by atoms with Crippen LogP contribution in [0.4, 0.5) is 22.5 Å². The number of carboxylic acid groups (broad SMARTS) is 1. The van der Waals surface area contributed by atoms with Gasteiger partial charge in [0.25, 0.3) is 0 Å². The molecule has 146 valence electrons. The molecule has 0 fully saturated rings. The van der Waals surface area contributed by atoms with Crippen LogP contribution >= 0.6 is 11.3 Å². The summed E-state index contributed by atoms with van der Waals surface area (Å²) in [6.07, 6.45) is 0. The smallest absolute Gasteiger partial charge is 0.347 e. The van der Waals surface area contributed by atoms with Crippen LogP contribution in [0.1, 0.15) is 25.4 Å². The lowest BCUT2D eigenvalue weighted by molar-refractivity contribution is -0.152. The molecule has 0 amide bonds. The molecule has 8 nitrogen and oxygen atoms in total. The van der Waals surface area contributed by atoms with Gasteiger partial charge in [0, 0.05) is 23.2 Å². The summed E-state index contributed by atoms with van der Waals surface area (Å²) < 4.78 is 5.58. The average molecular weight is 399 g/mol. The number of ether oxygens (including phenoxy) is 1. The number of hydrogen-bond donors (Lipinski definition) is 3. The Hall–Kier alpha value is -3.20. The van der Waals surface area contributed by atoms with Crippen molar-refractivity contribution in [2.75, 3.05) is 10.6 Å². The third kappa shape index (κ3) is 4.95. The van der Waals surface area contributed by atoms with Crippen molar-refractivity contribution in [1.82, 2.24) is 15.0 Å². The van der Waals surface area contributed by atoms with Crippen molar-refractivity contribution < 1.29 is 14.6 Å². The van der Waals surface area contributed by atoms with E-state index in [1.54, 1.807) is 31.2 Å². The van der Waals surface area contributed by atoms with Gasteiger partial charge in [0.2, 0.25) is 0 Å². The van der Waals surface area contributed by atoms with E-state index in [0.717, 1.165) is 10.8 Å². The summed E-state index contributed by atoms with van der Waals surface area (Å²) in [6.45, 7) is 6.74. The monoisotopic (exact) mass is 399 g/mol. The first-order valence-corrected chi connectivity index (χ1v) is 9.43. The number of benzene rings is 1. The Kier molecular flexibility index (Phi) is 5.46. The summed E-state index contributed by atoms with van der Waals surface area (Å²) in [5, 5.41) is 18.3. The van der Waals surface area contributed by atoms with Crippen LogP contribution in [0, 0.1) is 13.8 Å². The highest BCUT2D eigenvalue weighted by atomic mass is 32.1. The molecule has 9 heteroatoms. The van der Waals surface area contributed by atoms with Crippen molar-refractivity contribution in [3.05, 3.63) is 47.2 Å². The van der Waals surface area contributed by atoms with Crippen LogP contribution in [0.3, 0.4) is 0 Å². The van der Waals surface area contributed by atoms with Crippen molar-refractivity contribution in [2.45, 2.75) is 33.3 Å². The van der Waals surface area contributed by atoms with Gasteiger partial charge in [-0.25, -0.2) is 19.7 Å². The number of nitrogens with one attached hydrogen (secondary N) is 2. The molecule has 0 aliphatic carbocycles. The molecule has 0 unspecified atom stereocenters. The maximum absolute atomic E-state index is 11.3. The second kappa shape index (κ2) is 7.81. The van der Waals surface area contributed by atoms with E-state index in [1.165, 1.54) is 25.2 Å². The van der Waals surface area contributed by atoms with Gasteiger partial charge in [0.15, 0.2) is 10.7 Å². The van der Waals surface area contributed by atoms with E-state index in [2.05, 4.69) is 25.6 Å². The minimum absolute atomic E-state index is 0.444. The van der Waals surface area contributed by atoms with Gasteiger partial charge in [0.05, 0.1) is 5.69 Å². The van der Waals surface area contributed by atoms with E-state index in [1.807, 2.05) is 18.4 Å². The first-order chi connectivity index (χ1) is 13.2. The molecule has 3 N–H and O–H groups in total. The Morgan fingerprint density at radius 2 is 1.82 bits per heavy atom. The molecule has 0 saturated carbocycles. The number of nitrogens with zero attached hydrogens (tertiary/aromatic N) is 3. The van der Waals surface area contributed by atoms with E-state index >= 15 is 0 Å². The normalized spacial score (nSPS) is 11.1. The number of rotatable bonds is 7. The number of hydrogen-bond acceptors (Lipinski definition) is 8. The Bertz CT molecular complexity index is 1000. The van der Waals surface area contributed by atoms with Crippen molar-refractivity contribution in [3.8, 4) is 5.75 Å². The number of carbonyl (C=O) groups is 1. The summed E-state index contributed by atoms with van der Waals surface area (Å²) >= 11 is 1.50. The van der Waals surface area contributed by atoms with Gasteiger partial charge in [-0.05, 0) is 39.8 Å². The van der Waals surface area contributed by atoms with Gasteiger partial charge in [-0.2, -0.15) is 0 Å². The lowest BCUT2D eigenvalue weighted by atomic mass is 10.1. The van der Waals surface area contributed by atoms with Crippen LogP contribution in [0.25, 0.3) is 0 Å². The van der Waals surface area contributed by atoms with Gasteiger partial charge in [0.1, 0.15) is 23.2 Å². The second-order valence-electron chi connectivity index (χ2n) is 6.68. The third-order valence-electron chi connectivity index (χ3n) is 3.69. The zero-order chi connectivity index (χ0) is 20.3. The van der Waals surface area contributed by atoms with Gasteiger partial charge in [-0.1, -0.05) is 6.07 Å². The van der Waals surface area contributed by atoms with Crippen LogP contribution in [-0.2, 0) is 4.79 Å². The molecule has 2 heterocycles. The van der Waals surface area contributed by atoms with Crippen molar-refractivity contribution >= 4 is 39.8 Å². The summed E-state index contributed by atoms with van der Waals surface area (Å²) in [6, 6.07) is 8.83. The number of aliphatic carboxylic acids is 1. The molecule has 0 radical (unpaired) electrons. The predicted molar refractivity (Wildman–Crippen MR) is 109 cm³/mol. The highest BCUT2D eigenvalue weighted by Crippen LogP contribution is 2.26. The summed E-state index contributed by atoms with van der Waals surface area (Å²) in [5.74, 6) is 1.23. The molecule has 0 atom stereocenters. The predicted octanol–water partition coefficient (Wildman–Crippen LogP) is 4.28. The van der Waals surface area contributed by atoms with Crippen LogP contribution < -0.4 is 15.4 Å². The minimum Gasteiger partial charge on any atom is -0.478 e. The Balaban J connectivity index is 1.78. The number of aromatic nitrogens is 3. The number of aryl methyl sites for hydroxylation is 2. The maximum Gasteiger partial charge on any atom is 0.347 e. The lowest BCUT2D eigenvalue weighted by Crippen LogP contribution is -2.37. The fourth-order valence-electron chi connectivity index (χ4n) is 2.34. The Morgan fingerprint density at radius 1 is 1.11 bits per heavy atom. The highest BCUT2D eigenvalue weighted by Gasteiger charge is 2.29. The molecule has 3 rings (SSSR count). The molecule has 0 spiro atoms. The fourth-order valence-corrected chi connectivity index (χ4v) is 3.04. The molecule has 3 aromatic rings. The molecule has 1 aromatic carbocycles. The van der Waals surface area contributed by atoms with Crippen LogP contribution in [0.5, 0.6) is 5.75 Å². The molecular weight excluding hydrogens is 378 g/mol. The molecule has 0 bridgehead atoms. The van der Waals surface area contributed by atoms with E-state index in [4.69, 9.17) is 4.74 Å². The summed E-state index contributed by atoms with van der Waals surface area (Å²) in [4.78, 5) is 24.4. The average Bonchev–Trinajstić information content (AvgIpc) is 2.99. The summed E-state index contributed by atoms with van der Waals surface area (Å²) in [5.41, 5.74) is 0.332. The standard InChI is InChI=1S/C19H21N5O3S/c1-11-10-28-18(20-11)24-16-9-15(21-12(2)22-16)23-13-6-5-7-14(8-13)27-19(3,4)17(25)26/h5-10H,1-4H3,(H,25,26)(H2,20,21,22,23,24). The molecule has 2 aromatic heterocycles. The number of thiazole rings is 1. The zero-order valence-corrected chi connectivity index (χ0v) is 16.8. The Labute approximate surface area is 166 Å². The highest BCUT2D eigenvalue weighted by molar-refractivity contribution is 7.13. The van der Waals surface area contributed by atoms with E-state index < -0.39 is 11.6 Å². The Morgan fingerprint density at radius 3 is 2.46 bits per heavy atom. The zero-order valence-electron chi connectivity index (χ0n) is 16.0. The van der Waals surface area contributed by atoms with E-state index in [0.29, 0.717) is 28.9 Å². The van der Waals surface area contributed by atoms with Gasteiger partial charge in [-0.3, -0.25) is 0 Å². The molecule has 0 saturated heterocycles. The van der Waals surface area contributed by atoms with E-state index in [9.17, 15) is 9.90 Å². The van der Waals surface area contributed by atoms with Crippen molar-refractivity contribution in [3.63, 3.8) is 0 Å². The van der Waals surface area contributed by atoms with E-state index in [-0.39, 0.29) is 0 Å².